The minimum Gasteiger partial charge on any atom is -0.483 e. The highest BCUT2D eigenvalue weighted by Crippen LogP contribution is 2.19. The average molecular weight is 315 g/mol. The van der Waals surface area contributed by atoms with Crippen LogP contribution in [0.1, 0.15) is 17.8 Å². The summed E-state index contributed by atoms with van der Waals surface area (Å²) in [5, 5.41) is 10.3. The molecule has 2 aromatic rings. The third-order valence-corrected chi connectivity index (χ3v) is 4.00. The van der Waals surface area contributed by atoms with Gasteiger partial charge in [-0.25, -0.2) is 9.67 Å². The molecule has 1 atom stereocenters. The molecule has 1 aliphatic rings. The Hall–Kier alpha value is -2.41. The van der Waals surface area contributed by atoms with Gasteiger partial charge in [-0.15, -0.1) is 0 Å². The molecule has 2 N–H and O–H groups in total. The Morgan fingerprint density at radius 1 is 1.43 bits per heavy atom. The highest BCUT2D eigenvalue weighted by molar-refractivity contribution is 5.77. The number of benzene rings is 1. The molecule has 0 bridgehead atoms. The van der Waals surface area contributed by atoms with Gasteiger partial charge in [0.05, 0.1) is 6.54 Å². The second kappa shape index (κ2) is 7.23. The molecule has 1 aromatic heterocycles. The third kappa shape index (κ3) is 3.87. The predicted molar refractivity (Wildman–Crippen MR) is 85.0 cm³/mol. The Balaban J connectivity index is 1.57. The molecule has 0 radical (unpaired) electrons. The van der Waals surface area contributed by atoms with Crippen molar-refractivity contribution in [3.63, 3.8) is 0 Å². The topological polar surface area (TPSA) is 81.1 Å². The number of hydrogen-bond acceptors (Lipinski definition) is 5. The van der Waals surface area contributed by atoms with Crippen molar-refractivity contribution < 1.29 is 9.53 Å². The Kier molecular flexibility index (Phi) is 4.87. The molecule has 7 heteroatoms. The minimum absolute atomic E-state index is 0.0270. The maximum absolute atomic E-state index is 11.3. The molecule has 0 aliphatic carbocycles. The molecule has 1 amide bonds. The lowest BCUT2D eigenvalue weighted by atomic mass is 10.1. The Morgan fingerprint density at radius 3 is 3.17 bits per heavy atom. The van der Waals surface area contributed by atoms with E-state index in [0.29, 0.717) is 12.6 Å². The number of hydrogen-bond donors (Lipinski definition) is 2. The van der Waals surface area contributed by atoms with Crippen LogP contribution in [0.15, 0.2) is 30.6 Å². The smallest absolute Gasteiger partial charge is 0.257 e. The van der Waals surface area contributed by atoms with Gasteiger partial charge in [-0.2, -0.15) is 5.10 Å². The van der Waals surface area contributed by atoms with Gasteiger partial charge in [0.2, 0.25) is 0 Å². The van der Waals surface area contributed by atoms with Crippen LogP contribution in [0.5, 0.6) is 5.75 Å². The van der Waals surface area contributed by atoms with Crippen LogP contribution in [0.4, 0.5) is 0 Å². The number of aromatic nitrogens is 3. The molecule has 23 heavy (non-hydrogen) atoms. The molecule has 2 heterocycles. The number of para-hydroxylation sites is 1. The number of fused-ring (bicyclic) bond motifs is 1. The number of aryl methyl sites for hydroxylation is 1. The lowest BCUT2D eigenvalue weighted by Gasteiger charge is -2.24. The zero-order valence-corrected chi connectivity index (χ0v) is 13.2. The van der Waals surface area contributed by atoms with Gasteiger partial charge in [-0.3, -0.25) is 4.79 Å². The minimum atomic E-state index is -0.140. The van der Waals surface area contributed by atoms with Crippen molar-refractivity contribution in [2.24, 2.45) is 0 Å². The fourth-order valence-corrected chi connectivity index (χ4v) is 2.66. The first-order valence-corrected chi connectivity index (χ1v) is 7.77. The summed E-state index contributed by atoms with van der Waals surface area (Å²) in [5.74, 6) is 1.65. The Labute approximate surface area is 135 Å². The van der Waals surface area contributed by atoms with E-state index in [9.17, 15) is 4.79 Å². The number of carbonyl (C=O) groups excluding carboxylic acids is 1. The van der Waals surface area contributed by atoms with Crippen molar-refractivity contribution in [3.8, 4) is 5.75 Å². The maximum atomic E-state index is 11.3. The van der Waals surface area contributed by atoms with Crippen LogP contribution in [0, 0.1) is 0 Å². The standard InChI is InChI=1S/C16H21N5O2/c1-17-16(22)10-23-14-5-3-2-4-12(14)8-18-13-6-7-15-19-11-20-21(15)9-13/h2-5,11,13,18H,6-10H2,1H3,(H,17,22)/t13-/m1/s1. The van der Waals surface area contributed by atoms with Gasteiger partial charge in [0.25, 0.3) is 5.91 Å². The summed E-state index contributed by atoms with van der Waals surface area (Å²) in [6.45, 7) is 1.55. The van der Waals surface area contributed by atoms with E-state index in [1.807, 2.05) is 28.9 Å². The van der Waals surface area contributed by atoms with E-state index in [0.717, 1.165) is 36.5 Å². The van der Waals surface area contributed by atoms with Gasteiger partial charge < -0.3 is 15.4 Å². The molecule has 0 spiro atoms. The third-order valence-electron chi connectivity index (χ3n) is 4.00. The number of likely N-dealkylation sites (N-methyl/N-ethyl adjacent to an activating group) is 1. The second-order valence-corrected chi connectivity index (χ2v) is 5.54. The first kappa shape index (κ1) is 15.5. The van der Waals surface area contributed by atoms with Crippen molar-refractivity contribution >= 4 is 5.91 Å². The number of nitrogens with one attached hydrogen (secondary N) is 2. The lowest BCUT2D eigenvalue weighted by molar-refractivity contribution is -0.122. The molecule has 0 saturated carbocycles. The summed E-state index contributed by atoms with van der Waals surface area (Å²) in [5.41, 5.74) is 1.04. The Morgan fingerprint density at radius 2 is 2.30 bits per heavy atom. The highest BCUT2D eigenvalue weighted by atomic mass is 16.5. The van der Waals surface area contributed by atoms with E-state index in [4.69, 9.17) is 4.74 Å². The van der Waals surface area contributed by atoms with E-state index >= 15 is 0 Å². The molecule has 0 fully saturated rings. The number of amides is 1. The fourth-order valence-electron chi connectivity index (χ4n) is 2.66. The van der Waals surface area contributed by atoms with E-state index in [1.54, 1.807) is 13.4 Å². The first-order valence-electron chi connectivity index (χ1n) is 7.77. The quantitative estimate of drug-likeness (QED) is 0.812. The molecular formula is C16H21N5O2. The summed E-state index contributed by atoms with van der Waals surface area (Å²) < 4.78 is 7.55. The Bertz CT molecular complexity index is 670. The maximum Gasteiger partial charge on any atom is 0.257 e. The molecule has 7 nitrogen and oxygen atoms in total. The van der Waals surface area contributed by atoms with Crippen molar-refractivity contribution in [3.05, 3.63) is 42.0 Å². The van der Waals surface area contributed by atoms with Crippen LogP contribution in [-0.2, 0) is 24.3 Å². The SMILES string of the molecule is CNC(=O)COc1ccccc1CN[C@@H]1CCc2ncnn2C1. The van der Waals surface area contributed by atoms with Crippen molar-refractivity contribution in [2.75, 3.05) is 13.7 Å². The largest absolute Gasteiger partial charge is 0.483 e. The van der Waals surface area contributed by atoms with Crippen LogP contribution >= 0.6 is 0 Å². The summed E-state index contributed by atoms with van der Waals surface area (Å²) in [6.07, 6.45) is 3.59. The van der Waals surface area contributed by atoms with Crippen LogP contribution in [0.25, 0.3) is 0 Å². The fraction of sp³-hybridized carbons (Fsp3) is 0.438. The van der Waals surface area contributed by atoms with E-state index in [-0.39, 0.29) is 12.5 Å². The van der Waals surface area contributed by atoms with Crippen molar-refractivity contribution in [1.82, 2.24) is 25.4 Å². The second-order valence-electron chi connectivity index (χ2n) is 5.54. The number of ether oxygens (including phenoxy) is 1. The van der Waals surface area contributed by atoms with E-state index < -0.39 is 0 Å². The summed E-state index contributed by atoms with van der Waals surface area (Å²) in [7, 11) is 1.60. The summed E-state index contributed by atoms with van der Waals surface area (Å²) in [6, 6.07) is 8.13. The van der Waals surface area contributed by atoms with Gasteiger partial charge in [-0.1, -0.05) is 18.2 Å². The highest BCUT2D eigenvalue weighted by Gasteiger charge is 2.19. The van der Waals surface area contributed by atoms with E-state index in [1.165, 1.54) is 0 Å². The molecule has 0 saturated heterocycles. The van der Waals surface area contributed by atoms with Gasteiger partial charge in [-0.05, 0) is 12.5 Å². The van der Waals surface area contributed by atoms with Crippen LogP contribution in [-0.4, -0.2) is 40.4 Å². The van der Waals surface area contributed by atoms with E-state index in [2.05, 4.69) is 20.7 Å². The zero-order valence-electron chi connectivity index (χ0n) is 13.2. The summed E-state index contributed by atoms with van der Waals surface area (Å²) >= 11 is 0. The van der Waals surface area contributed by atoms with Gasteiger partial charge in [0.15, 0.2) is 6.61 Å². The van der Waals surface area contributed by atoms with Crippen LogP contribution < -0.4 is 15.4 Å². The van der Waals surface area contributed by atoms with Gasteiger partial charge in [0.1, 0.15) is 17.9 Å². The van der Waals surface area contributed by atoms with Crippen molar-refractivity contribution in [1.29, 1.82) is 0 Å². The normalized spacial score (nSPS) is 16.7. The molecule has 0 unspecified atom stereocenters. The first-order chi connectivity index (χ1) is 11.3. The number of rotatable bonds is 6. The van der Waals surface area contributed by atoms with Gasteiger partial charge >= 0.3 is 0 Å². The molecule has 122 valence electrons. The number of nitrogens with zero attached hydrogens (tertiary/aromatic N) is 3. The molecular weight excluding hydrogens is 294 g/mol. The molecule has 3 rings (SSSR count). The molecule has 1 aliphatic heterocycles. The zero-order chi connectivity index (χ0) is 16.1. The van der Waals surface area contributed by atoms with Crippen LogP contribution in [0.3, 0.4) is 0 Å². The average Bonchev–Trinajstić information content (AvgIpc) is 3.06. The van der Waals surface area contributed by atoms with Crippen molar-refractivity contribution in [2.45, 2.75) is 32.0 Å². The number of carbonyl (C=O) groups is 1. The monoisotopic (exact) mass is 315 g/mol. The predicted octanol–water partition coefficient (Wildman–Crippen LogP) is 0.507. The molecule has 1 aromatic carbocycles. The van der Waals surface area contributed by atoms with Crippen LogP contribution in [0.2, 0.25) is 0 Å². The van der Waals surface area contributed by atoms with Gasteiger partial charge in [0, 0.05) is 31.6 Å². The summed E-state index contributed by atoms with van der Waals surface area (Å²) in [4.78, 5) is 15.6. The lowest BCUT2D eigenvalue weighted by Crippen LogP contribution is -2.37.